The molecule has 0 radical (unpaired) electrons. The molecule has 4 fully saturated rings. The maximum absolute atomic E-state index is 14.1. The van der Waals surface area contributed by atoms with E-state index in [1.54, 1.807) is 25.1 Å². The molecule has 0 aromatic heterocycles. The van der Waals surface area contributed by atoms with Crippen LogP contribution >= 0.6 is 0 Å². The Labute approximate surface area is 125 Å². The SMILES string of the molecule is Cc1cccc(C(=O)NC2C3CC4CC(C3)CC2C4)c1F. The number of benzene rings is 1. The number of amides is 1. The largest absolute Gasteiger partial charge is 0.349 e. The molecule has 3 heteroatoms. The number of halogens is 1. The van der Waals surface area contributed by atoms with E-state index in [0.29, 0.717) is 17.4 Å². The van der Waals surface area contributed by atoms with Gasteiger partial charge in [-0.1, -0.05) is 12.1 Å². The van der Waals surface area contributed by atoms with Gasteiger partial charge in [-0.25, -0.2) is 4.39 Å². The Bertz CT molecular complexity index is 555. The van der Waals surface area contributed by atoms with E-state index in [0.717, 1.165) is 11.8 Å². The topological polar surface area (TPSA) is 29.1 Å². The summed E-state index contributed by atoms with van der Waals surface area (Å²) in [6.45, 7) is 1.70. The normalized spacial score (nSPS) is 36.8. The fourth-order valence-corrected chi connectivity index (χ4v) is 5.21. The Morgan fingerprint density at radius 2 is 1.71 bits per heavy atom. The summed E-state index contributed by atoms with van der Waals surface area (Å²) in [5, 5.41) is 3.17. The van der Waals surface area contributed by atoms with Crippen LogP contribution in [-0.2, 0) is 0 Å². The minimum atomic E-state index is -0.376. The van der Waals surface area contributed by atoms with Crippen molar-refractivity contribution in [3.05, 3.63) is 35.1 Å². The molecule has 4 saturated carbocycles. The Morgan fingerprint density at radius 1 is 1.10 bits per heavy atom. The van der Waals surface area contributed by atoms with Gasteiger partial charge in [0.25, 0.3) is 5.91 Å². The summed E-state index contributed by atoms with van der Waals surface area (Å²) >= 11 is 0. The third-order valence-electron chi connectivity index (χ3n) is 5.96. The zero-order chi connectivity index (χ0) is 14.6. The minimum absolute atomic E-state index is 0.198. The van der Waals surface area contributed by atoms with E-state index in [1.165, 1.54) is 32.1 Å². The van der Waals surface area contributed by atoms with E-state index < -0.39 is 0 Å². The summed E-state index contributed by atoms with van der Waals surface area (Å²) in [4.78, 5) is 12.5. The highest BCUT2D eigenvalue weighted by Gasteiger charge is 2.48. The number of carbonyl (C=O) groups is 1. The summed E-state index contributed by atoms with van der Waals surface area (Å²) in [7, 11) is 0. The van der Waals surface area contributed by atoms with Gasteiger partial charge in [-0.15, -0.1) is 0 Å². The summed E-state index contributed by atoms with van der Waals surface area (Å²) in [5.41, 5.74) is 0.733. The number of hydrogen-bond donors (Lipinski definition) is 1. The molecule has 1 amide bonds. The molecule has 1 N–H and O–H groups in total. The van der Waals surface area contributed by atoms with Gasteiger partial charge in [-0.05, 0) is 74.3 Å². The van der Waals surface area contributed by atoms with Gasteiger partial charge < -0.3 is 5.32 Å². The van der Waals surface area contributed by atoms with Crippen molar-refractivity contribution in [2.24, 2.45) is 23.7 Å². The van der Waals surface area contributed by atoms with Crippen molar-refractivity contribution in [3.63, 3.8) is 0 Å². The van der Waals surface area contributed by atoms with Gasteiger partial charge in [0.05, 0.1) is 5.56 Å². The summed E-state index contributed by atoms with van der Waals surface area (Å²) in [6.07, 6.45) is 6.44. The van der Waals surface area contributed by atoms with E-state index in [4.69, 9.17) is 0 Å². The lowest BCUT2D eigenvalue weighted by molar-refractivity contribution is -0.0120. The average Bonchev–Trinajstić information content (AvgIpc) is 2.45. The standard InChI is InChI=1S/C18H22FNO/c1-10-3-2-4-15(16(10)19)18(21)20-17-13-6-11-5-12(8-13)9-14(17)7-11/h2-4,11-14,17H,5-9H2,1H3,(H,20,21). The molecule has 4 aliphatic carbocycles. The highest BCUT2D eigenvalue weighted by Crippen LogP contribution is 2.53. The van der Waals surface area contributed by atoms with Crippen molar-refractivity contribution < 1.29 is 9.18 Å². The molecule has 1 aromatic rings. The molecule has 0 atom stereocenters. The van der Waals surface area contributed by atoms with Gasteiger partial charge in [0.2, 0.25) is 0 Å². The fraction of sp³-hybridized carbons (Fsp3) is 0.611. The highest BCUT2D eigenvalue weighted by molar-refractivity contribution is 5.94. The lowest BCUT2D eigenvalue weighted by Crippen LogP contribution is -2.55. The molecule has 4 bridgehead atoms. The van der Waals surface area contributed by atoms with Crippen molar-refractivity contribution in [3.8, 4) is 0 Å². The lowest BCUT2D eigenvalue weighted by Gasteiger charge is -2.54. The molecule has 1 aromatic carbocycles. The molecule has 0 heterocycles. The van der Waals surface area contributed by atoms with Crippen molar-refractivity contribution in [2.75, 3.05) is 0 Å². The first-order chi connectivity index (χ1) is 10.1. The quantitative estimate of drug-likeness (QED) is 0.883. The van der Waals surface area contributed by atoms with Gasteiger partial charge in [0.1, 0.15) is 5.82 Å². The van der Waals surface area contributed by atoms with Crippen LogP contribution in [0, 0.1) is 36.4 Å². The monoisotopic (exact) mass is 287 g/mol. The molecule has 0 saturated heterocycles. The molecule has 0 unspecified atom stereocenters. The highest BCUT2D eigenvalue weighted by atomic mass is 19.1. The number of nitrogens with one attached hydrogen (secondary N) is 1. The predicted octanol–water partition coefficient (Wildman–Crippen LogP) is 3.69. The number of hydrogen-bond acceptors (Lipinski definition) is 1. The van der Waals surface area contributed by atoms with E-state index >= 15 is 0 Å². The molecule has 0 aliphatic heterocycles. The van der Waals surface area contributed by atoms with E-state index in [2.05, 4.69) is 5.32 Å². The van der Waals surface area contributed by atoms with Crippen LogP contribution in [0.25, 0.3) is 0 Å². The zero-order valence-electron chi connectivity index (χ0n) is 12.4. The Hall–Kier alpha value is -1.38. The first-order valence-corrected chi connectivity index (χ1v) is 8.17. The van der Waals surface area contributed by atoms with Gasteiger partial charge in [-0.2, -0.15) is 0 Å². The van der Waals surface area contributed by atoms with Crippen LogP contribution in [-0.4, -0.2) is 11.9 Å². The maximum atomic E-state index is 14.1. The van der Waals surface area contributed by atoms with Gasteiger partial charge in [0, 0.05) is 6.04 Å². The van der Waals surface area contributed by atoms with Crippen LogP contribution < -0.4 is 5.32 Å². The van der Waals surface area contributed by atoms with Crippen LogP contribution in [0.4, 0.5) is 4.39 Å². The van der Waals surface area contributed by atoms with E-state index in [9.17, 15) is 9.18 Å². The molecular formula is C18H22FNO. The summed E-state index contributed by atoms with van der Waals surface area (Å²) < 4.78 is 14.1. The molecule has 112 valence electrons. The number of carbonyl (C=O) groups excluding carboxylic acids is 1. The van der Waals surface area contributed by atoms with Gasteiger partial charge >= 0.3 is 0 Å². The Morgan fingerprint density at radius 3 is 2.33 bits per heavy atom. The maximum Gasteiger partial charge on any atom is 0.254 e. The number of aryl methyl sites for hydroxylation is 1. The van der Waals surface area contributed by atoms with Crippen molar-refractivity contribution in [2.45, 2.75) is 45.1 Å². The van der Waals surface area contributed by atoms with Crippen LogP contribution in [0.5, 0.6) is 0 Å². The second-order valence-electron chi connectivity index (χ2n) is 7.37. The van der Waals surface area contributed by atoms with Crippen molar-refractivity contribution in [1.29, 1.82) is 0 Å². The second-order valence-corrected chi connectivity index (χ2v) is 7.37. The number of rotatable bonds is 2. The second kappa shape index (κ2) is 4.82. The van der Waals surface area contributed by atoms with Crippen LogP contribution in [0.1, 0.15) is 48.0 Å². The van der Waals surface area contributed by atoms with Crippen molar-refractivity contribution in [1.82, 2.24) is 5.32 Å². The molecule has 5 rings (SSSR count). The van der Waals surface area contributed by atoms with Crippen LogP contribution in [0.2, 0.25) is 0 Å². The van der Waals surface area contributed by atoms with Crippen LogP contribution in [0.3, 0.4) is 0 Å². The van der Waals surface area contributed by atoms with Crippen molar-refractivity contribution >= 4 is 5.91 Å². The Balaban J connectivity index is 1.53. The molecule has 0 spiro atoms. The lowest BCUT2D eigenvalue weighted by atomic mass is 9.54. The smallest absolute Gasteiger partial charge is 0.254 e. The van der Waals surface area contributed by atoms with E-state index in [-0.39, 0.29) is 23.3 Å². The van der Waals surface area contributed by atoms with Gasteiger partial charge in [0.15, 0.2) is 0 Å². The molecular weight excluding hydrogens is 265 g/mol. The van der Waals surface area contributed by atoms with E-state index in [1.807, 2.05) is 0 Å². The molecule has 2 nitrogen and oxygen atoms in total. The summed E-state index contributed by atoms with van der Waals surface area (Å²) in [5.74, 6) is 2.41. The third kappa shape index (κ3) is 2.18. The van der Waals surface area contributed by atoms with Crippen LogP contribution in [0.15, 0.2) is 18.2 Å². The first kappa shape index (κ1) is 13.3. The first-order valence-electron chi connectivity index (χ1n) is 8.17. The molecule has 21 heavy (non-hydrogen) atoms. The predicted molar refractivity (Wildman–Crippen MR) is 79.4 cm³/mol. The summed E-state index contributed by atoms with van der Waals surface area (Å²) in [6, 6.07) is 5.32. The molecule has 4 aliphatic rings. The third-order valence-corrected chi connectivity index (χ3v) is 5.96. The minimum Gasteiger partial charge on any atom is -0.349 e. The van der Waals surface area contributed by atoms with Gasteiger partial charge in [-0.3, -0.25) is 4.79 Å². The zero-order valence-corrected chi connectivity index (χ0v) is 12.4. The fourth-order valence-electron chi connectivity index (χ4n) is 5.21. The average molecular weight is 287 g/mol. The Kier molecular flexibility index (Phi) is 3.05.